The second-order valence-electron chi connectivity index (χ2n) is 11.1. The normalized spacial score (nSPS) is 69.1. The summed E-state index contributed by atoms with van der Waals surface area (Å²) >= 11 is 0. The largest absolute Gasteiger partial charge is 0.396 e. The zero-order chi connectivity index (χ0) is 16.5. The molecule has 6 aliphatic rings. The standard InChI is InChI=1S/C21H34O2/c1-17-11-21-8-7-20(4)18(2,6-5-16(23)19(20,3)12-22)15(21)9-13(17)14(17)10-21/h13-16,22-23H,5-12H2,1-4H3/t13-,14+,15+,16-,17-,18+,19+,20+,21+/m1/s1. The monoisotopic (exact) mass is 318 g/mol. The van der Waals surface area contributed by atoms with E-state index in [1.54, 1.807) is 0 Å². The second kappa shape index (κ2) is 3.85. The lowest BCUT2D eigenvalue weighted by Gasteiger charge is -2.71. The van der Waals surface area contributed by atoms with Gasteiger partial charge in [-0.25, -0.2) is 0 Å². The van der Waals surface area contributed by atoms with E-state index in [0.717, 1.165) is 30.6 Å². The van der Waals surface area contributed by atoms with Crippen LogP contribution in [-0.2, 0) is 0 Å². The smallest absolute Gasteiger partial charge is 0.0621 e. The molecule has 23 heavy (non-hydrogen) atoms. The van der Waals surface area contributed by atoms with Crippen LogP contribution in [0.25, 0.3) is 0 Å². The van der Waals surface area contributed by atoms with Gasteiger partial charge in [-0.15, -0.1) is 0 Å². The molecule has 2 N–H and O–H groups in total. The van der Waals surface area contributed by atoms with Crippen molar-refractivity contribution in [1.29, 1.82) is 0 Å². The van der Waals surface area contributed by atoms with Crippen molar-refractivity contribution in [1.82, 2.24) is 0 Å². The number of fused-ring (bicyclic) bond motifs is 1. The van der Waals surface area contributed by atoms with Crippen molar-refractivity contribution >= 4 is 0 Å². The third kappa shape index (κ3) is 1.33. The van der Waals surface area contributed by atoms with E-state index >= 15 is 0 Å². The van der Waals surface area contributed by atoms with Crippen LogP contribution < -0.4 is 0 Å². The van der Waals surface area contributed by atoms with Crippen molar-refractivity contribution in [3.05, 3.63) is 0 Å². The molecule has 0 aromatic carbocycles. The Kier molecular flexibility index (Phi) is 2.54. The fourth-order valence-corrected chi connectivity index (χ4v) is 9.13. The van der Waals surface area contributed by atoms with Crippen molar-refractivity contribution in [3.63, 3.8) is 0 Å². The van der Waals surface area contributed by atoms with Gasteiger partial charge in [-0.3, -0.25) is 0 Å². The molecule has 6 fully saturated rings. The molecular formula is C21H34O2. The summed E-state index contributed by atoms with van der Waals surface area (Å²) in [7, 11) is 0. The van der Waals surface area contributed by atoms with Crippen LogP contribution in [0.1, 0.15) is 72.6 Å². The van der Waals surface area contributed by atoms with Crippen molar-refractivity contribution in [3.8, 4) is 0 Å². The molecule has 6 aliphatic carbocycles. The molecule has 0 saturated heterocycles. The molecule has 0 aromatic rings. The summed E-state index contributed by atoms with van der Waals surface area (Å²) in [6, 6.07) is 0. The first-order valence-electron chi connectivity index (χ1n) is 9.96. The molecule has 9 atom stereocenters. The van der Waals surface area contributed by atoms with Gasteiger partial charge in [-0.05, 0) is 84.4 Å². The zero-order valence-corrected chi connectivity index (χ0v) is 15.4. The fourth-order valence-electron chi connectivity index (χ4n) is 9.13. The highest BCUT2D eigenvalue weighted by Crippen LogP contribution is 2.87. The Morgan fingerprint density at radius 3 is 2.35 bits per heavy atom. The maximum Gasteiger partial charge on any atom is 0.0621 e. The minimum Gasteiger partial charge on any atom is -0.396 e. The molecule has 0 amide bonds. The van der Waals surface area contributed by atoms with Gasteiger partial charge in [-0.1, -0.05) is 27.7 Å². The van der Waals surface area contributed by atoms with Crippen LogP contribution in [0.2, 0.25) is 0 Å². The van der Waals surface area contributed by atoms with Crippen molar-refractivity contribution in [2.75, 3.05) is 6.61 Å². The Bertz CT molecular complexity index is 574. The van der Waals surface area contributed by atoms with Crippen LogP contribution in [-0.4, -0.2) is 22.9 Å². The van der Waals surface area contributed by atoms with Crippen LogP contribution in [0.3, 0.4) is 0 Å². The van der Waals surface area contributed by atoms with Crippen LogP contribution in [0.4, 0.5) is 0 Å². The van der Waals surface area contributed by atoms with E-state index in [1.807, 2.05) is 0 Å². The van der Waals surface area contributed by atoms with E-state index in [-0.39, 0.29) is 29.0 Å². The summed E-state index contributed by atoms with van der Waals surface area (Å²) in [5.41, 5.74) is 1.30. The summed E-state index contributed by atoms with van der Waals surface area (Å²) < 4.78 is 0. The van der Waals surface area contributed by atoms with Crippen molar-refractivity contribution < 1.29 is 10.2 Å². The van der Waals surface area contributed by atoms with Crippen LogP contribution in [0.5, 0.6) is 0 Å². The zero-order valence-electron chi connectivity index (χ0n) is 15.4. The fraction of sp³-hybridized carbons (Fsp3) is 1.00. The quantitative estimate of drug-likeness (QED) is 0.767. The minimum absolute atomic E-state index is 0.0655. The van der Waals surface area contributed by atoms with E-state index in [2.05, 4.69) is 27.7 Å². The van der Waals surface area contributed by atoms with E-state index < -0.39 is 0 Å². The molecule has 6 saturated carbocycles. The molecule has 6 rings (SSSR count). The Morgan fingerprint density at radius 2 is 1.74 bits per heavy atom. The van der Waals surface area contributed by atoms with Crippen LogP contribution in [0, 0.1) is 44.8 Å². The maximum atomic E-state index is 10.8. The van der Waals surface area contributed by atoms with Crippen LogP contribution >= 0.6 is 0 Å². The van der Waals surface area contributed by atoms with Crippen LogP contribution in [0.15, 0.2) is 0 Å². The minimum atomic E-state index is -0.344. The van der Waals surface area contributed by atoms with Crippen molar-refractivity contribution in [2.24, 2.45) is 44.8 Å². The van der Waals surface area contributed by atoms with Gasteiger partial charge in [0.05, 0.1) is 12.7 Å². The average Bonchev–Trinajstić information content (AvgIpc) is 2.98. The third-order valence-electron chi connectivity index (χ3n) is 11.1. The summed E-state index contributed by atoms with van der Waals surface area (Å²) in [5, 5.41) is 21.0. The number of hydrogen-bond acceptors (Lipinski definition) is 2. The number of hydrogen-bond donors (Lipinski definition) is 2. The molecule has 2 nitrogen and oxygen atoms in total. The predicted molar refractivity (Wildman–Crippen MR) is 90.7 cm³/mol. The van der Waals surface area contributed by atoms with E-state index in [1.165, 1.54) is 32.1 Å². The summed E-state index contributed by atoms with van der Waals surface area (Å²) in [6.45, 7) is 9.81. The molecule has 4 bridgehead atoms. The van der Waals surface area contributed by atoms with E-state index in [4.69, 9.17) is 0 Å². The molecule has 0 aliphatic heterocycles. The van der Waals surface area contributed by atoms with Gasteiger partial charge in [0.1, 0.15) is 0 Å². The molecule has 1 spiro atoms. The Labute approximate surface area is 141 Å². The predicted octanol–water partition coefficient (Wildman–Crippen LogP) is 4.00. The molecule has 0 radical (unpaired) electrons. The lowest BCUT2D eigenvalue weighted by molar-refractivity contribution is -0.256. The topological polar surface area (TPSA) is 40.5 Å². The first-order valence-corrected chi connectivity index (χ1v) is 9.96. The Hall–Kier alpha value is -0.0800. The summed E-state index contributed by atoms with van der Waals surface area (Å²) in [5.74, 6) is 2.84. The molecule has 2 heteroatoms. The molecule has 0 unspecified atom stereocenters. The lowest BCUT2D eigenvalue weighted by atomic mass is 9.34. The first-order chi connectivity index (χ1) is 10.7. The molecule has 0 heterocycles. The summed E-state index contributed by atoms with van der Waals surface area (Å²) in [6.07, 6.45) is 8.62. The highest BCUT2D eigenvalue weighted by atomic mass is 16.3. The average molecular weight is 319 g/mol. The Balaban J connectivity index is 1.60. The van der Waals surface area contributed by atoms with Crippen molar-refractivity contribution in [2.45, 2.75) is 78.7 Å². The van der Waals surface area contributed by atoms with Gasteiger partial charge in [-0.2, -0.15) is 0 Å². The first kappa shape index (κ1) is 15.2. The van der Waals surface area contributed by atoms with Gasteiger partial charge in [0.15, 0.2) is 0 Å². The van der Waals surface area contributed by atoms with Gasteiger partial charge in [0.25, 0.3) is 0 Å². The molecular weight excluding hydrogens is 284 g/mol. The highest BCUT2D eigenvalue weighted by molar-refractivity contribution is 5.28. The Morgan fingerprint density at radius 1 is 1.00 bits per heavy atom. The van der Waals surface area contributed by atoms with Gasteiger partial charge in [0.2, 0.25) is 0 Å². The third-order valence-corrected chi connectivity index (χ3v) is 11.1. The SMILES string of the molecule is C[C@@]12C[C@@]34CC[C@]5(C)[C@@](C)(CO)[C@H](O)CC[C@@]5(C)[C@@H]3C[C@@H]1[C@@H]2C4. The van der Waals surface area contributed by atoms with Gasteiger partial charge in [0, 0.05) is 5.41 Å². The number of aliphatic hydroxyl groups excluding tert-OH is 2. The molecule has 130 valence electrons. The second-order valence-corrected chi connectivity index (χ2v) is 11.1. The lowest BCUT2D eigenvalue weighted by Crippen LogP contribution is -2.67. The number of rotatable bonds is 1. The summed E-state index contributed by atoms with van der Waals surface area (Å²) in [4.78, 5) is 0. The van der Waals surface area contributed by atoms with Gasteiger partial charge < -0.3 is 10.2 Å². The molecule has 0 aromatic heterocycles. The number of aliphatic hydroxyl groups is 2. The van der Waals surface area contributed by atoms with E-state index in [0.29, 0.717) is 10.8 Å². The van der Waals surface area contributed by atoms with Gasteiger partial charge >= 0.3 is 0 Å². The maximum absolute atomic E-state index is 10.8. The van der Waals surface area contributed by atoms with E-state index in [9.17, 15) is 10.2 Å². The highest BCUT2D eigenvalue weighted by Gasteiger charge is 2.80.